The monoisotopic (exact) mass is 778 g/mol. The van der Waals surface area contributed by atoms with Gasteiger partial charge in [-0.15, -0.1) is 6.58 Å². The molecule has 0 amide bonds. The van der Waals surface area contributed by atoms with Crippen molar-refractivity contribution >= 4 is 41.9 Å². The molecular weight excluding hydrogens is 724 g/mol. The van der Waals surface area contributed by atoms with Crippen LogP contribution in [0.15, 0.2) is 110 Å². The third-order valence-corrected chi connectivity index (χ3v) is 17.9. The number of halogens is 1. The predicted octanol–water partition coefficient (Wildman–Crippen LogP) is 7.29. The molecule has 1 fully saturated rings. The van der Waals surface area contributed by atoms with E-state index >= 15 is 0 Å². The number of aliphatic hydroxyl groups is 1. The van der Waals surface area contributed by atoms with Crippen molar-refractivity contribution in [2.75, 3.05) is 38.3 Å². The number of esters is 1. The minimum atomic E-state index is -2.85. The zero-order chi connectivity index (χ0) is 39.0. The number of ether oxygens (including phenoxy) is 2. The van der Waals surface area contributed by atoms with Gasteiger partial charge in [0.1, 0.15) is 5.75 Å². The van der Waals surface area contributed by atoms with Crippen molar-refractivity contribution in [2.45, 2.75) is 75.0 Å². The van der Waals surface area contributed by atoms with E-state index in [1.165, 1.54) is 28.6 Å². The van der Waals surface area contributed by atoms with E-state index in [1.807, 2.05) is 24.3 Å². The second-order valence-corrected chi connectivity index (χ2v) is 21.5. The van der Waals surface area contributed by atoms with Crippen molar-refractivity contribution in [3.8, 4) is 5.75 Å². The average molecular weight is 779 g/mol. The van der Waals surface area contributed by atoms with Crippen LogP contribution in [0.25, 0.3) is 0 Å². The molecule has 4 aromatic carbocycles. The summed E-state index contributed by atoms with van der Waals surface area (Å²) in [5, 5.41) is 14.6. The van der Waals surface area contributed by atoms with Crippen LogP contribution in [0, 0.1) is 11.8 Å². The maximum atomic E-state index is 12.9. The van der Waals surface area contributed by atoms with Crippen LogP contribution in [-0.2, 0) is 31.4 Å². The molecule has 2 aliphatic carbocycles. The zero-order valence-electron chi connectivity index (χ0n) is 32.6. The summed E-state index contributed by atoms with van der Waals surface area (Å²) < 4.78 is 19.5. The highest BCUT2D eigenvalue weighted by Gasteiger charge is 2.53. The highest BCUT2D eigenvalue weighted by Crippen LogP contribution is 2.48. The number of methoxy groups -OCH3 is 1. The predicted molar refractivity (Wildman–Crippen MR) is 224 cm³/mol. The summed E-state index contributed by atoms with van der Waals surface area (Å²) in [4.78, 5) is 15.4. The van der Waals surface area contributed by atoms with Crippen molar-refractivity contribution in [3.63, 3.8) is 0 Å². The minimum absolute atomic E-state index is 0.170. The molecule has 290 valence electrons. The number of carbonyl (C=O) groups excluding carboxylic acids is 1. The van der Waals surface area contributed by atoms with Gasteiger partial charge >= 0.3 is 5.97 Å². The fourth-order valence-electron chi connectivity index (χ4n) is 9.60. The minimum Gasteiger partial charge on any atom is -0.490 e. The Bertz CT molecular complexity index is 1970. The van der Waals surface area contributed by atoms with Crippen LogP contribution in [0.1, 0.15) is 63.1 Å². The van der Waals surface area contributed by atoms with Gasteiger partial charge in [-0.1, -0.05) is 111 Å². The lowest BCUT2D eigenvalue weighted by molar-refractivity contribution is -0.162. The maximum absolute atomic E-state index is 12.9. The topological polar surface area (TPSA) is 94.3 Å². The average Bonchev–Trinajstić information content (AvgIpc) is 3.34. The summed E-state index contributed by atoms with van der Waals surface area (Å²) in [6, 6.07) is 33.3. The van der Waals surface area contributed by atoms with Gasteiger partial charge < -0.3 is 29.6 Å². The van der Waals surface area contributed by atoms with Gasteiger partial charge in [0.25, 0.3) is 8.32 Å². The van der Waals surface area contributed by atoms with E-state index in [1.54, 1.807) is 6.07 Å². The van der Waals surface area contributed by atoms with Crippen molar-refractivity contribution in [3.05, 3.63) is 131 Å². The van der Waals surface area contributed by atoms with E-state index in [2.05, 4.69) is 105 Å². The smallest absolute Gasteiger partial charge is 0.343 e. The molecule has 3 N–H and O–H groups in total. The summed E-state index contributed by atoms with van der Waals surface area (Å²) in [5.74, 6) is 0.444. The number of nitrogens with zero attached hydrogens (tertiary/aromatic N) is 1. The zero-order valence-corrected chi connectivity index (χ0v) is 34.4. The molecule has 1 saturated carbocycles. The van der Waals surface area contributed by atoms with Gasteiger partial charge in [-0.05, 0) is 100 Å². The molecule has 9 heteroatoms. The third kappa shape index (κ3) is 7.06. The first-order chi connectivity index (χ1) is 26.4. The molecule has 0 radical (unpaired) electrons. The van der Waals surface area contributed by atoms with Crippen LogP contribution in [0.4, 0.5) is 5.69 Å². The summed E-state index contributed by atoms with van der Waals surface area (Å²) in [6.45, 7) is 13.0. The molecule has 0 saturated heterocycles. The maximum Gasteiger partial charge on any atom is 0.343 e. The number of nitrogens with two attached hydrogens (primary N) is 1. The van der Waals surface area contributed by atoms with Crippen molar-refractivity contribution in [1.29, 1.82) is 0 Å². The van der Waals surface area contributed by atoms with E-state index < -0.39 is 19.9 Å². The van der Waals surface area contributed by atoms with Crippen LogP contribution in [0.5, 0.6) is 5.75 Å². The van der Waals surface area contributed by atoms with Crippen LogP contribution >= 0.6 is 11.6 Å². The first kappa shape index (κ1) is 39.3. The second-order valence-electron chi connectivity index (χ2n) is 16.8. The number of benzene rings is 4. The number of hydrogen-bond acceptors (Lipinski definition) is 7. The number of anilines is 1. The van der Waals surface area contributed by atoms with Gasteiger partial charge in [0, 0.05) is 30.1 Å². The molecule has 0 bridgehead atoms. The Balaban J connectivity index is 1.28. The van der Waals surface area contributed by atoms with E-state index in [0.717, 1.165) is 49.4 Å². The largest absolute Gasteiger partial charge is 0.490 e. The molecule has 55 heavy (non-hydrogen) atoms. The quantitative estimate of drug-likeness (QED) is 0.0939. The van der Waals surface area contributed by atoms with Gasteiger partial charge in [-0.3, -0.25) is 0 Å². The Kier molecular flexibility index (Phi) is 11.1. The summed E-state index contributed by atoms with van der Waals surface area (Å²) in [6.07, 6.45) is 6.90. The molecule has 5 atom stereocenters. The fraction of sp³-hybridized carbons (Fsp3) is 0.413. The van der Waals surface area contributed by atoms with Gasteiger partial charge in [-0.2, -0.15) is 0 Å². The van der Waals surface area contributed by atoms with E-state index in [4.69, 9.17) is 31.2 Å². The summed E-state index contributed by atoms with van der Waals surface area (Å²) in [7, 11) is -1.58. The Morgan fingerprint density at radius 1 is 1.05 bits per heavy atom. The van der Waals surface area contributed by atoms with Gasteiger partial charge in [0.2, 0.25) is 0 Å². The molecule has 0 aromatic heterocycles. The lowest BCUT2D eigenvalue weighted by atomic mass is 9.68. The van der Waals surface area contributed by atoms with Gasteiger partial charge in [-0.25, -0.2) is 4.79 Å². The van der Waals surface area contributed by atoms with E-state index in [-0.39, 0.29) is 34.9 Å². The van der Waals surface area contributed by atoms with Gasteiger partial charge in [0.15, 0.2) is 5.60 Å². The van der Waals surface area contributed by atoms with E-state index in [0.29, 0.717) is 24.5 Å². The SMILES string of the molecule is C=C[C@H](O[Si](c1ccccc1)(c1ccccc1)C(C)(C)C)[C@@H]1CC[C@H]1CN1C[C@@]2(CCCc3cc(Cl)ccc32)COc2ccc([C@](O)(CN)C(=O)OC)cc21. The molecular formula is C46H55ClN2O5Si. The fourth-order valence-corrected chi connectivity index (χ4v) is 14.5. The lowest BCUT2D eigenvalue weighted by Gasteiger charge is -2.50. The molecule has 3 aliphatic rings. The number of rotatable bonds is 11. The van der Waals surface area contributed by atoms with Crippen LogP contribution < -0.4 is 25.7 Å². The van der Waals surface area contributed by atoms with Crippen molar-refractivity contribution in [2.24, 2.45) is 17.6 Å². The number of hydrogen-bond donors (Lipinski definition) is 2. The van der Waals surface area contributed by atoms with Crippen LogP contribution in [-0.4, -0.2) is 58.8 Å². The lowest BCUT2D eigenvalue weighted by Crippen LogP contribution is -2.68. The highest BCUT2D eigenvalue weighted by molar-refractivity contribution is 6.99. The Morgan fingerprint density at radius 3 is 2.33 bits per heavy atom. The Morgan fingerprint density at radius 2 is 1.75 bits per heavy atom. The molecule has 7 nitrogen and oxygen atoms in total. The van der Waals surface area contributed by atoms with Crippen LogP contribution in [0.3, 0.4) is 0 Å². The molecule has 7 rings (SSSR count). The summed E-state index contributed by atoms with van der Waals surface area (Å²) in [5.41, 5.74) is 7.53. The molecule has 4 aromatic rings. The molecule has 1 spiro atoms. The third-order valence-electron chi connectivity index (χ3n) is 12.6. The molecule has 1 aliphatic heterocycles. The van der Waals surface area contributed by atoms with E-state index in [9.17, 15) is 9.90 Å². The number of carbonyl (C=O) groups is 1. The van der Waals surface area contributed by atoms with Crippen molar-refractivity contribution < 1.29 is 23.8 Å². The first-order valence-electron chi connectivity index (χ1n) is 19.6. The highest BCUT2D eigenvalue weighted by atomic mass is 35.5. The Labute approximate surface area is 332 Å². The standard InChI is InChI=1S/C46H55ClN2O5Si/c1-6-41(54-55(44(2,3)4,36-15-9-7-10-16-36)37-17-11-8-12-18-37)38-22-19-33(38)28-49-30-45(25-13-14-32-26-35(47)21-23-39(32)45)31-53-42-24-20-34(27-40(42)49)46(51,29-48)43(50)52-5/h6-12,15-18,20-21,23-24,26-27,33,38,41,51H,1,13-14,19,22,25,28-31,48H2,2-5H3/t33-,38+,41-,45-,46+/m0/s1. The number of aryl methyl sites for hydroxylation is 1. The molecule has 1 heterocycles. The van der Waals surface area contributed by atoms with Crippen LogP contribution in [0.2, 0.25) is 10.1 Å². The summed E-state index contributed by atoms with van der Waals surface area (Å²) >= 11 is 6.53. The van der Waals surface area contributed by atoms with Gasteiger partial charge in [0.05, 0.1) is 25.5 Å². The number of fused-ring (bicyclic) bond motifs is 3. The normalized spacial score (nSPS) is 22.6. The second kappa shape index (κ2) is 15.5. The first-order valence-corrected chi connectivity index (χ1v) is 21.9. The molecule has 0 unspecified atom stereocenters. The van der Waals surface area contributed by atoms with Crippen molar-refractivity contribution in [1.82, 2.24) is 0 Å². The Hall–Kier alpha value is -3.92.